The number of aromatic amines is 1. The van der Waals surface area contributed by atoms with Crippen LogP contribution in [0.2, 0.25) is 5.02 Å². The SMILES string of the molecule is Cc1cc(Cl)c2oc(=O)[nH]c2c1. The summed E-state index contributed by atoms with van der Waals surface area (Å²) in [5, 5.41) is 0.461. The molecule has 0 unspecified atom stereocenters. The fraction of sp³-hybridized carbons (Fsp3) is 0.125. The third kappa shape index (κ3) is 1.02. The average molecular weight is 184 g/mol. The van der Waals surface area contributed by atoms with Gasteiger partial charge in [0.25, 0.3) is 0 Å². The van der Waals surface area contributed by atoms with Crippen molar-refractivity contribution < 1.29 is 4.42 Å². The molecule has 0 aliphatic heterocycles. The van der Waals surface area contributed by atoms with Gasteiger partial charge in [0.15, 0.2) is 5.58 Å². The zero-order valence-corrected chi connectivity index (χ0v) is 7.11. The van der Waals surface area contributed by atoms with Crippen molar-refractivity contribution in [1.82, 2.24) is 4.98 Å². The largest absolute Gasteiger partial charge is 0.417 e. The van der Waals surface area contributed by atoms with Gasteiger partial charge >= 0.3 is 5.76 Å². The minimum atomic E-state index is -0.475. The molecule has 1 aromatic heterocycles. The van der Waals surface area contributed by atoms with Crippen molar-refractivity contribution in [1.29, 1.82) is 0 Å². The third-order valence-electron chi connectivity index (χ3n) is 1.62. The molecule has 1 N–H and O–H groups in total. The maximum absolute atomic E-state index is 10.8. The molecule has 0 aliphatic carbocycles. The molecule has 0 spiro atoms. The summed E-state index contributed by atoms with van der Waals surface area (Å²) in [4.78, 5) is 13.3. The highest BCUT2D eigenvalue weighted by Crippen LogP contribution is 2.22. The number of aromatic nitrogens is 1. The van der Waals surface area contributed by atoms with Gasteiger partial charge in [0.1, 0.15) is 0 Å². The number of hydrogen-bond donors (Lipinski definition) is 1. The van der Waals surface area contributed by atoms with Gasteiger partial charge in [-0.15, -0.1) is 0 Å². The third-order valence-corrected chi connectivity index (χ3v) is 1.90. The van der Waals surface area contributed by atoms with Crippen LogP contribution in [-0.2, 0) is 0 Å². The van der Waals surface area contributed by atoms with Crippen LogP contribution in [0.1, 0.15) is 5.56 Å². The number of halogens is 1. The Morgan fingerprint density at radius 1 is 1.50 bits per heavy atom. The van der Waals surface area contributed by atoms with Gasteiger partial charge in [-0.1, -0.05) is 11.6 Å². The van der Waals surface area contributed by atoms with Crippen molar-refractivity contribution in [3.05, 3.63) is 33.3 Å². The zero-order chi connectivity index (χ0) is 8.72. The summed E-state index contributed by atoms with van der Waals surface area (Å²) in [6.07, 6.45) is 0. The van der Waals surface area contributed by atoms with Crippen molar-refractivity contribution in [2.24, 2.45) is 0 Å². The van der Waals surface area contributed by atoms with E-state index in [4.69, 9.17) is 16.0 Å². The fourth-order valence-electron chi connectivity index (χ4n) is 1.15. The van der Waals surface area contributed by atoms with Crippen LogP contribution in [0, 0.1) is 6.92 Å². The topological polar surface area (TPSA) is 46.0 Å². The summed E-state index contributed by atoms with van der Waals surface area (Å²) in [5.74, 6) is -0.475. The van der Waals surface area contributed by atoms with Crippen molar-refractivity contribution in [2.75, 3.05) is 0 Å². The van der Waals surface area contributed by atoms with E-state index in [1.807, 2.05) is 13.0 Å². The molecule has 0 saturated heterocycles. The molecule has 0 radical (unpaired) electrons. The second-order valence-electron chi connectivity index (χ2n) is 2.64. The Labute approximate surface area is 73.0 Å². The van der Waals surface area contributed by atoms with Gasteiger partial charge in [0.05, 0.1) is 10.5 Å². The van der Waals surface area contributed by atoms with E-state index in [0.29, 0.717) is 16.1 Å². The first-order chi connectivity index (χ1) is 5.66. The number of fused-ring (bicyclic) bond motifs is 1. The molecular formula is C8H6ClNO2. The van der Waals surface area contributed by atoms with Crippen molar-refractivity contribution in [2.45, 2.75) is 6.92 Å². The van der Waals surface area contributed by atoms with Gasteiger partial charge in [-0.2, -0.15) is 0 Å². The molecule has 0 bridgehead atoms. The number of benzene rings is 1. The standard InChI is InChI=1S/C8H6ClNO2/c1-4-2-5(9)7-6(3-4)10-8(11)12-7/h2-3H,1H3,(H,10,11). The Morgan fingerprint density at radius 3 is 3.00 bits per heavy atom. The molecule has 1 aromatic carbocycles. The maximum Gasteiger partial charge on any atom is 0.417 e. The van der Waals surface area contributed by atoms with Crippen LogP contribution in [0.25, 0.3) is 11.1 Å². The number of oxazole rings is 1. The summed E-state index contributed by atoms with van der Waals surface area (Å²) in [6.45, 7) is 1.90. The molecule has 0 fully saturated rings. The van der Waals surface area contributed by atoms with Crippen molar-refractivity contribution in [3.63, 3.8) is 0 Å². The number of H-pyrrole nitrogens is 1. The predicted molar refractivity (Wildman–Crippen MR) is 46.6 cm³/mol. The van der Waals surface area contributed by atoms with Crippen LogP contribution in [0.4, 0.5) is 0 Å². The molecule has 0 atom stereocenters. The van der Waals surface area contributed by atoms with Crippen LogP contribution < -0.4 is 5.76 Å². The highest BCUT2D eigenvalue weighted by molar-refractivity contribution is 6.34. The molecule has 62 valence electrons. The Bertz CT molecular complexity index is 483. The molecule has 4 heteroatoms. The Balaban J connectivity index is 2.97. The number of hydrogen-bond acceptors (Lipinski definition) is 2. The zero-order valence-electron chi connectivity index (χ0n) is 6.35. The van der Waals surface area contributed by atoms with Crippen LogP contribution in [-0.4, -0.2) is 4.98 Å². The van der Waals surface area contributed by atoms with Gasteiger partial charge in [-0.3, -0.25) is 4.98 Å². The molecule has 0 saturated carbocycles. The monoisotopic (exact) mass is 183 g/mol. The Morgan fingerprint density at radius 2 is 2.25 bits per heavy atom. The second kappa shape index (κ2) is 2.38. The molecule has 0 amide bonds. The number of aryl methyl sites for hydroxylation is 1. The van der Waals surface area contributed by atoms with Crippen LogP contribution in [0.15, 0.2) is 21.3 Å². The van der Waals surface area contributed by atoms with Crippen LogP contribution in [0.3, 0.4) is 0 Å². The number of nitrogens with one attached hydrogen (secondary N) is 1. The van der Waals surface area contributed by atoms with Gasteiger partial charge < -0.3 is 4.42 Å². The van der Waals surface area contributed by atoms with E-state index in [2.05, 4.69) is 4.98 Å². The van der Waals surface area contributed by atoms with E-state index in [1.165, 1.54) is 0 Å². The smallest absolute Gasteiger partial charge is 0.406 e. The van der Waals surface area contributed by atoms with E-state index >= 15 is 0 Å². The molecule has 3 nitrogen and oxygen atoms in total. The quantitative estimate of drug-likeness (QED) is 0.680. The molecule has 0 aliphatic rings. The summed E-state index contributed by atoms with van der Waals surface area (Å²) in [6, 6.07) is 3.56. The maximum atomic E-state index is 10.8. The molecule has 2 rings (SSSR count). The first-order valence-corrected chi connectivity index (χ1v) is 3.83. The summed E-state index contributed by atoms with van der Waals surface area (Å²) < 4.78 is 4.81. The van der Waals surface area contributed by atoms with Gasteiger partial charge in [0, 0.05) is 0 Å². The van der Waals surface area contributed by atoms with Crippen molar-refractivity contribution >= 4 is 22.7 Å². The van der Waals surface area contributed by atoms with E-state index in [0.717, 1.165) is 5.56 Å². The Kier molecular flexibility index (Phi) is 1.48. The molecule has 2 aromatic rings. The summed E-state index contributed by atoms with van der Waals surface area (Å²) in [7, 11) is 0. The lowest BCUT2D eigenvalue weighted by Gasteiger charge is -1.93. The van der Waals surface area contributed by atoms with E-state index < -0.39 is 5.76 Å². The van der Waals surface area contributed by atoms with Gasteiger partial charge in [-0.25, -0.2) is 4.79 Å². The summed E-state index contributed by atoms with van der Waals surface area (Å²) in [5.41, 5.74) is 2.06. The molecular weight excluding hydrogens is 178 g/mol. The lowest BCUT2D eigenvalue weighted by Crippen LogP contribution is -1.92. The minimum absolute atomic E-state index is 0.423. The second-order valence-corrected chi connectivity index (χ2v) is 3.05. The van der Waals surface area contributed by atoms with E-state index in [-0.39, 0.29) is 0 Å². The van der Waals surface area contributed by atoms with Gasteiger partial charge in [-0.05, 0) is 24.6 Å². The normalized spacial score (nSPS) is 10.8. The molecule has 12 heavy (non-hydrogen) atoms. The average Bonchev–Trinajstić information content (AvgIpc) is 2.29. The summed E-state index contributed by atoms with van der Waals surface area (Å²) >= 11 is 5.82. The number of rotatable bonds is 0. The minimum Gasteiger partial charge on any atom is -0.406 e. The van der Waals surface area contributed by atoms with Gasteiger partial charge in [0.2, 0.25) is 0 Å². The molecule has 1 heterocycles. The first-order valence-electron chi connectivity index (χ1n) is 3.46. The lowest BCUT2D eigenvalue weighted by atomic mass is 10.2. The fourth-order valence-corrected chi connectivity index (χ4v) is 1.47. The van der Waals surface area contributed by atoms with Crippen molar-refractivity contribution in [3.8, 4) is 0 Å². The van der Waals surface area contributed by atoms with E-state index in [1.54, 1.807) is 6.07 Å². The van der Waals surface area contributed by atoms with E-state index in [9.17, 15) is 4.79 Å². The highest BCUT2D eigenvalue weighted by atomic mass is 35.5. The predicted octanol–water partition coefficient (Wildman–Crippen LogP) is 2.08. The van der Waals surface area contributed by atoms with Crippen LogP contribution >= 0.6 is 11.6 Å². The lowest BCUT2D eigenvalue weighted by molar-refractivity contribution is 0.555. The highest BCUT2D eigenvalue weighted by Gasteiger charge is 2.05. The van der Waals surface area contributed by atoms with Crippen LogP contribution in [0.5, 0.6) is 0 Å². The Hall–Kier alpha value is -1.22. The first kappa shape index (κ1) is 7.43.